The summed E-state index contributed by atoms with van der Waals surface area (Å²) in [6.45, 7) is 3.87. The fourth-order valence-electron chi connectivity index (χ4n) is 3.15. The molecule has 0 aliphatic carbocycles. The lowest BCUT2D eigenvalue weighted by atomic mass is 10.0. The van der Waals surface area contributed by atoms with Gasteiger partial charge in [-0.25, -0.2) is 9.59 Å². The molecule has 5 nitrogen and oxygen atoms in total. The fourth-order valence-corrected chi connectivity index (χ4v) is 3.15. The highest BCUT2D eigenvalue weighted by Crippen LogP contribution is 2.31. The molecule has 0 unspecified atom stereocenters. The fraction of sp³-hybridized carbons (Fsp3) is 0.200. The molecule has 0 fully saturated rings. The van der Waals surface area contributed by atoms with Gasteiger partial charge in [0.05, 0.1) is 16.7 Å². The smallest absolute Gasteiger partial charge is 0.416 e. The molecule has 0 bridgehead atoms. The number of carboxylic acid groups (broad SMARTS) is 2. The topological polar surface area (TPSA) is 86.6 Å². The number of aromatic carboxylic acids is 2. The van der Waals surface area contributed by atoms with Crippen molar-refractivity contribution in [3.8, 4) is 0 Å². The molecule has 10 heteroatoms. The first-order chi connectivity index (χ1) is 15.5. The Morgan fingerprint density at radius 1 is 0.714 bits per heavy atom. The van der Waals surface area contributed by atoms with Crippen molar-refractivity contribution < 1.29 is 33.0 Å². The van der Waals surface area contributed by atoms with E-state index < -0.39 is 23.7 Å². The van der Waals surface area contributed by atoms with Crippen LogP contribution in [0.5, 0.6) is 0 Å². The Morgan fingerprint density at radius 2 is 1.14 bits per heavy atom. The van der Waals surface area contributed by atoms with Crippen LogP contribution in [-0.2, 0) is 6.18 Å². The minimum atomic E-state index is -4.30. The second-order valence-electron chi connectivity index (χ2n) is 7.30. The van der Waals surface area contributed by atoms with Gasteiger partial charge in [0, 0.05) is 12.1 Å². The van der Waals surface area contributed by atoms with Crippen LogP contribution in [-0.4, -0.2) is 22.2 Å². The lowest BCUT2D eigenvalue weighted by molar-refractivity contribution is -0.137. The second kappa shape index (κ2) is 14.4. The first kappa shape index (κ1) is 32.0. The van der Waals surface area contributed by atoms with Gasteiger partial charge in [0.1, 0.15) is 0 Å². The summed E-state index contributed by atoms with van der Waals surface area (Å²) in [5, 5.41) is 20.4. The Balaban J connectivity index is 0.000000712. The van der Waals surface area contributed by atoms with Gasteiger partial charge in [-0.1, -0.05) is 54.6 Å². The van der Waals surface area contributed by atoms with E-state index in [9.17, 15) is 22.8 Å². The van der Waals surface area contributed by atoms with E-state index in [0.29, 0.717) is 5.56 Å². The summed E-state index contributed by atoms with van der Waals surface area (Å²) in [5.41, 5.74) is 0.750. The van der Waals surface area contributed by atoms with Gasteiger partial charge in [-0.15, -0.1) is 0 Å². The number of carboxylic acids is 2. The summed E-state index contributed by atoms with van der Waals surface area (Å²) in [4.78, 5) is 20.9. The summed E-state index contributed by atoms with van der Waals surface area (Å²) in [5.74, 6) is -2.46. The van der Waals surface area contributed by atoms with Crippen LogP contribution in [0, 0.1) is 0 Å². The number of halogens is 3. The van der Waals surface area contributed by atoms with E-state index >= 15 is 0 Å². The van der Waals surface area contributed by atoms with Crippen molar-refractivity contribution in [2.45, 2.75) is 32.1 Å². The number of benzene rings is 3. The van der Waals surface area contributed by atoms with Gasteiger partial charge in [-0.2, -0.15) is 40.2 Å². The van der Waals surface area contributed by atoms with Crippen LogP contribution in [0.4, 0.5) is 13.2 Å². The van der Waals surface area contributed by atoms with Crippen molar-refractivity contribution in [2.75, 3.05) is 0 Å². The molecule has 3 N–H and O–H groups in total. The van der Waals surface area contributed by atoms with Crippen molar-refractivity contribution in [1.82, 2.24) is 5.32 Å². The number of carbonyl (C=O) groups is 2. The Bertz CT molecular complexity index is 1060. The number of rotatable bonds is 6. The lowest BCUT2D eigenvalue weighted by Gasteiger charge is -2.21. The zero-order chi connectivity index (χ0) is 24.6. The predicted octanol–water partition coefficient (Wildman–Crippen LogP) is 6.43. The van der Waals surface area contributed by atoms with Crippen molar-refractivity contribution in [2.24, 2.45) is 0 Å². The SMILES string of the molecule is C[C@H](N[C@@H](C)c1cccc(C(F)(F)F)c1)c1ccccc1.O=C(O)c1ccccc1C(=O)O.S.S. The van der Waals surface area contributed by atoms with E-state index in [1.807, 2.05) is 44.2 Å². The van der Waals surface area contributed by atoms with E-state index in [4.69, 9.17) is 10.2 Å². The van der Waals surface area contributed by atoms with E-state index in [1.54, 1.807) is 6.07 Å². The Labute approximate surface area is 215 Å². The predicted molar refractivity (Wildman–Crippen MR) is 139 cm³/mol. The maximum Gasteiger partial charge on any atom is 0.416 e. The monoisotopic (exact) mass is 527 g/mol. The van der Waals surface area contributed by atoms with Gasteiger partial charge in [0.25, 0.3) is 0 Å². The number of alkyl halides is 3. The molecule has 0 heterocycles. The first-order valence-electron chi connectivity index (χ1n) is 10.0. The summed E-state index contributed by atoms with van der Waals surface area (Å²) < 4.78 is 38.2. The maximum absolute atomic E-state index is 12.7. The molecule has 0 aromatic heterocycles. The second-order valence-corrected chi connectivity index (χ2v) is 7.30. The van der Waals surface area contributed by atoms with Gasteiger partial charge >= 0.3 is 18.1 Å². The van der Waals surface area contributed by atoms with E-state index in [-0.39, 0.29) is 50.2 Å². The van der Waals surface area contributed by atoms with Gasteiger partial charge in [-0.05, 0) is 49.2 Å². The highest BCUT2D eigenvalue weighted by Gasteiger charge is 2.30. The molecule has 0 amide bonds. The molecule has 2 atom stereocenters. The van der Waals surface area contributed by atoms with Gasteiger partial charge in [0.15, 0.2) is 0 Å². The van der Waals surface area contributed by atoms with Crippen molar-refractivity contribution in [1.29, 1.82) is 0 Å². The van der Waals surface area contributed by atoms with Crippen LogP contribution < -0.4 is 5.32 Å². The highest BCUT2D eigenvalue weighted by molar-refractivity contribution is 7.59. The quantitative estimate of drug-likeness (QED) is 0.344. The average Bonchev–Trinajstić information content (AvgIpc) is 2.79. The molecule has 0 radical (unpaired) electrons. The van der Waals surface area contributed by atoms with Crippen molar-refractivity contribution in [3.63, 3.8) is 0 Å². The molecule has 3 aromatic rings. The van der Waals surface area contributed by atoms with Gasteiger partial charge in [-0.3, -0.25) is 0 Å². The van der Waals surface area contributed by atoms with Crippen LogP contribution in [0.3, 0.4) is 0 Å². The van der Waals surface area contributed by atoms with Crippen LogP contribution in [0.1, 0.15) is 63.3 Å². The standard InChI is InChI=1S/C17H18F3N.C8H6O4.2H2S/c1-12(14-7-4-3-5-8-14)21-13(2)15-9-6-10-16(11-15)17(18,19)20;9-7(10)5-3-1-2-4-6(5)8(11)12;;/h3-13,21H,1-2H3;1-4H,(H,9,10)(H,11,12);2*1H2/t12-,13-;;;/m0.../s1. The lowest BCUT2D eigenvalue weighted by Crippen LogP contribution is -2.22. The van der Waals surface area contributed by atoms with Crippen LogP contribution >= 0.6 is 27.0 Å². The highest BCUT2D eigenvalue weighted by atomic mass is 32.1. The van der Waals surface area contributed by atoms with E-state index in [0.717, 1.165) is 11.6 Å². The first-order valence-corrected chi connectivity index (χ1v) is 10.0. The summed E-state index contributed by atoms with van der Waals surface area (Å²) in [7, 11) is 0. The minimum Gasteiger partial charge on any atom is -0.478 e. The molecule has 190 valence electrons. The van der Waals surface area contributed by atoms with Gasteiger partial charge in [0.2, 0.25) is 0 Å². The molecule has 0 spiro atoms. The van der Waals surface area contributed by atoms with Crippen LogP contribution in [0.25, 0.3) is 0 Å². The molecule has 3 rings (SSSR count). The Morgan fingerprint density at radius 3 is 1.60 bits per heavy atom. The third-order valence-corrected chi connectivity index (χ3v) is 4.90. The average molecular weight is 528 g/mol. The van der Waals surface area contributed by atoms with Crippen molar-refractivity contribution >= 4 is 38.9 Å². The van der Waals surface area contributed by atoms with E-state index in [1.165, 1.54) is 36.4 Å². The molecular weight excluding hydrogens is 499 g/mol. The molecule has 3 aromatic carbocycles. The molecule has 0 saturated carbocycles. The summed E-state index contributed by atoms with van der Waals surface area (Å²) >= 11 is 0. The Hall–Kier alpha value is -2.95. The molecule has 0 aliphatic heterocycles. The van der Waals surface area contributed by atoms with Crippen LogP contribution in [0.2, 0.25) is 0 Å². The molecule has 0 saturated heterocycles. The molecular formula is C25H28F3NO4S2. The largest absolute Gasteiger partial charge is 0.478 e. The van der Waals surface area contributed by atoms with Crippen molar-refractivity contribution in [3.05, 3.63) is 107 Å². The van der Waals surface area contributed by atoms with E-state index in [2.05, 4.69) is 5.32 Å². The van der Waals surface area contributed by atoms with Crippen LogP contribution in [0.15, 0.2) is 78.9 Å². The normalized spacial score (nSPS) is 12.0. The summed E-state index contributed by atoms with van der Waals surface area (Å²) in [6.07, 6.45) is -4.30. The summed E-state index contributed by atoms with van der Waals surface area (Å²) in [6, 6.07) is 20.7. The Kier molecular flexibility index (Phi) is 13.2. The maximum atomic E-state index is 12.7. The minimum absolute atomic E-state index is 0. The number of hydrogen-bond donors (Lipinski definition) is 3. The molecule has 35 heavy (non-hydrogen) atoms. The zero-order valence-corrected chi connectivity index (χ0v) is 21.0. The molecule has 0 aliphatic rings. The third-order valence-electron chi connectivity index (χ3n) is 4.90. The number of nitrogens with one attached hydrogen (secondary N) is 1. The van der Waals surface area contributed by atoms with Gasteiger partial charge < -0.3 is 15.5 Å². The third kappa shape index (κ3) is 9.67. The zero-order valence-electron chi connectivity index (χ0n) is 19.0. The number of hydrogen-bond acceptors (Lipinski definition) is 3.